The molecule has 1 atom stereocenters. The summed E-state index contributed by atoms with van der Waals surface area (Å²) < 4.78 is 5.52. The third kappa shape index (κ3) is 3.30. The van der Waals surface area contributed by atoms with Gasteiger partial charge in [0.1, 0.15) is 0 Å². The van der Waals surface area contributed by atoms with Gasteiger partial charge in [0, 0.05) is 37.9 Å². The average molecular weight is 236 g/mol. The van der Waals surface area contributed by atoms with E-state index in [2.05, 4.69) is 34.0 Å². The van der Waals surface area contributed by atoms with Gasteiger partial charge >= 0.3 is 0 Å². The molecular formula is C12H20N4O. The normalized spacial score (nSPS) is 20.4. The lowest BCUT2D eigenvalue weighted by Crippen LogP contribution is -2.49. The van der Waals surface area contributed by atoms with Crippen LogP contribution in [0.15, 0.2) is 12.3 Å². The second kappa shape index (κ2) is 5.82. The number of ether oxygens (including phenoxy) is 1. The van der Waals surface area contributed by atoms with Crippen LogP contribution in [0.2, 0.25) is 0 Å². The molecule has 1 unspecified atom stereocenters. The van der Waals surface area contributed by atoms with Gasteiger partial charge in [-0.3, -0.25) is 0 Å². The van der Waals surface area contributed by atoms with Crippen molar-refractivity contribution in [1.29, 1.82) is 0 Å². The standard InChI is InChI=1S/C12H20N4O/c1-3-8-17-11-4-5-14-12(15-11)16-7-6-13-10(2)9-16/h4-5,10,13H,3,6-9H2,1-2H3. The summed E-state index contributed by atoms with van der Waals surface area (Å²) in [5.41, 5.74) is 0. The highest BCUT2D eigenvalue weighted by Gasteiger charge is 2.18. The molecule has 1 aromatic heterocycles. The van der Waals surface area contributed by atoms with Gasteiger partial charge < -0.3 is 15.0 Å². The zero-order valence-electron chi connectivity index (χ0n) is 10.5. The highest BCUT2D eigenvalue weighted by Crippen LogP contribution is 2.14. The monoisotopic (exact) mass is 236 g/mol. The van der Waals surface area contributed by atoms with E-state index in [1.165, 1.54) is 0 Å². The van der Waals surface area contributed by atoms with Crippen LogP contribution in [-0.4, -0.2) is 42.3 Å². The van der Waals surface area contributed by atoms with Crippen LogP contribution in [0.1, 0.15) is 20.3 Å². The summed E-state index contributed by atoms with van der Waals surface area (Å²) >= 11 is 0. The van der Waals surface area contributed by atoms with Gasteiger partial charge in [0.05, 0.1) is 6.61 Å². The van der Waals surface area contributed by atoms with E-state index in [1.54, 1.807) is 6.20 Å². The van der Waals surface area contributed by atoms with E-state index in [0.717, 1.165) is 32.0 Å². The van der Waals surface area contributed by atoms with Crippen molar-refractivity contribution in [2.45, 2.75) is 26.3 Å². The van der Waals surface area contributed by atoms with Crippen LogP contribution in [0, 0.1) is 0 Å². The molecule has 0 bridgehead atoms. The molecule has 2 rings (SSSR count). The number of hydrogen-bond donors (Lipinski definition) is 1. The molecule has 5 heteroatoms. The maximum absolute atomic E-state index is 5.52. The molecule has 94 valence electrons. The fourth-order valence-corrected chi connectivity index (χ4v) is 1.89. The molecule has 2 heterocycles. The SMILES string of the molecule is CCCOc1ccnc(N2CCNC(C)C2)n1. The number of rotatable bonds is 4. The zero-order valence-corrected chi connectivity index (χ0v) is 10.5. The Hall–Kier alpha value is -1.36. The molecule has 17 heavy (non-hydrogen) atoms. The highest BCUT2D eigenvalue weighted by molar-refractivity contribution is 5.33. The van der Waals surface area contributed by atoms with Crippen LogP contribution in [0.5, 0.6) is 5.88 Å². The van der Waals surface area contributed by atoms with Crippen LogP contribution >= 0.6 is 0 Å². The van der Waals surface area contributed by atoms with E-state index in [0.29, 0.717) is 18.5 Å². The summed E-state index contributed by atoms with van der Waals surface area (Å²) in [6.45, 7) is 7.82. The van der Waals surface area contributed by atoms with E-state index in [4.69, 9.17) is 4.74 Å². The molecule has 1 N–H and O–H groups in total. The van der Waals surface area contributed by atoms with E-state index in [9.17, 15) is 0 Å². The predicted molar refractivity (Wildman–Crippen MR) is 67.5 cm³/mol. The van der Waals surface area contributed by atoms with Crippen LogP contribution in [0.25, 0.3) is 0 Å². The maximum atomic E-state index is 5.52. The Kier molecular flexibility index (Phi) is 4.14. The van der Waals surface area contributed by atoms with Crippen molar-refractivity contribution in [3.8, 4) is 5.88 Å². The van der Waals surface area contributed by atoms with Crippen molar-refractivity contribution < 1.29 is 4.74 Å². The largest absolute Gasteiger partial charge is 0.478 e. The fourth-order valence-electron chi connectivity index (χ4n) is 1.89. The van der Waals surface area contributed by atoms with Crippen molar-refractivity contribution >= 4 is 5.95 Å². The van der Waals surface area contributed by atoms with Crippen molar-refractivity contribution in [3.05, 3.63) is 12.3 Å². The first-order valence-electron chi connectivity index (χ1n) is 6.23. The summed E-state index contributed by atoms with van der Waals surface area (Å²) in [5, 5.41) is 3.40. The molecule has 1 aliphatic heterocycles. The molecule has 5 nitrogen and oxygen atoms in total. The molecule has 0 aromatic carbocycles. The highest BCUT2D eigenvalue weighted by atomic mass is 16.5. The quantitative estimate of drug-likeness (QED) is 0.847. The minimum atomic E-state index is 0.479. The Labute approximate surface area is 102 Å². The Balaban J connectivity index is 2.04. The van der Waals surface area contributed by atoms with Crippen LogP contribution in [0.4, 0.5) is 5.95 Å². The van der Waals surface area contributed by atoms with Gasteiger partial charge in [-0.25, -0.2) is 4.98 Å². The number of nitrogens with zero attached hydrogens (tertiary/aromatic N) is 3. The van der Waals surface area contributed by atoms with E-state index in [-0.39, 0.29) is 0 Å². The number of piperazine rings is 1. The molecule has 0 spiro atoms. The Morgan fingerprint density at radius 3 is 3.24 bits per heavy atom. The lowest BCUT2D eigenvalue weighted by Gasteiger charge is -2.31. The summed E-state index contributed by atoms with van der Waals surface area (Å²) in [5.74, 6) is 1.44. The smallest absolute Gasteiger partial charge is 0.228 e. The van der Waals surface area contributed by atoms with E-state index in [1.807, 2.05) is 6.07 Å². The predicted octanol–water partition coefficient (Wildman–Crippen LogP) is 1.06. The average Bonchev–Trinajstić information content (AvgIpc) is 2.37. The second-order valence-corrected chi connectivity index (χ2v) is 4.34. The Bertz CT molecular complexity index is 358. The third-order valence-electron chi connectivity index (χ3n) is 2.72. The van der Waals surface area contributed by atoms with Gasteiger partial charge in [0.25, 0.3) is 0 Å². The number of hydrogen-bond acceptors (Lipinski definition) is 5. The fraction of sp³-hybridized carbons (Fsp3) is 0.667. The maximum Gasteiger partial charge on any atom is 0.228 e. The molecule has 0 saturated carbocycles. The van der Waals surface area contributed by atoms with Gasteiger partial charge in [-0.1, -0.05) is 6.92 Å². The Morgan fingerprint density at radius 1 is 1.59 bits per heavy atom. The summed E-state index contributed by atoms with van der Waals surface area (Å²) in [6, 6.07) is 2.29. The first-order valence-corrected chi connectivity index (χ1v) is 6.23. The van der Waals surface area contributed by atoms with Crippen molar-refractivity contribution in [2.24, 2.45) is 0 Å². The first kappa shape index (κ1) is 12.1. The molecule has 1 aliphatic rings. The molecular weight excluding hydrogens is 216 g/mol. The van der Waals surface area contributed by atoms with Gasteiger partial charge in [-0.2, -0.15) is 4.98 Å². The summed E-state index contributed by atoms with van der Waals surface area (Å²) in [7, 11) is 0. The van der Waals surface area contributed by atoms with Crippen LogP contribution in [0.3, 0.4) is 0 Å². The summed E-state index contributed by atoms with van der Waals surface area (Å²) in [6.07, 6.45) is 2.75. The van der Waals surface area contributed by atoms with Crippen molar-refractivity contribution in [3.63, 3.8) is 0 Å². The molecule has 1 saturated heterocycles. The molecule has 1 aromatic rings. The van der Waals surface area contributed by atoms with Crippen molar-refractivity contribution in [1.82, 2.24) is 15.3 Å². The lowest BCUT2D eigenvalue weighted by molar-refractivity contribution is 0.304. The van der Waals surface area contributed by atoms with Crippen LogP contribution in [-0.2, 0) is 0 Å². The number of nitrogens with one attached hydrogen (secondary N) is 1. The van der Waals surface area contributed by atoms with Gasteiger partial charge in [-0.15, -0.1) is 0 Å². The van der Waals surface area contributed by atoms with Crippen LogP contribution < -0.4 is 15.0 Å². The minimum Gasteiger partial charge on any atom is -0.478 e. The number of aromatic nitrogens is 2. The first-order chi connectivity index (χ1) is 8.29. The van der Waals surface area contributed by atoms with Gasteiger partial charge in [-0.05, 0) is 13.3 Å². The zero-order chi connectivity index (χ0) is 12.1. The topological polar surface area (TPSA) is 50.3 Å². The minimum absolute atomic E-state index is 0.479. The van der Waals surface area contributed by atoms with E-state index < -0.39 is 0 Å². The molecule has 0 amide bonds. The third-order valence-corrected chi connectivity index (χ3v) is 2.72. The van der Waals surface area contributed by atoms with Gasteiger partial charge in [0.2, 0.25) is 11.8 Å². The second-order valence-electron chi connectivity index (χ2n) is 4.34. The molecule has 1 fully saturated rings. The molecule has 0 radical (unpaired) electrons. The summed E-state index contributed by atoms with van der Waals surface area (Å²) in [4.78, 5) is 10.9. The Morgan fingerprint density at radius 2 is 2.47 bits per heavy atom. The lowest BCUT2D eigenvalue weighted by atomic mass is 10.2. The molecule has 0 aliphatic carbocycles. The number of anilines is 1. The van der Waals surface area contributed by atoms with Gasteiger partial charge in [0.15, 0.2) is 0 Å². The van der Waals surface area contributed by atoms with E-state index >= 15 is 0 Å². The van der Waals surface area contributed by atoms with Crippen molar-refractivity contribution in [2.75, 3.05) is 31.1 Å².